The standard InChI is InChI=1S/C35H38O2S/c1-21-11-10-12-22(2)32(21)38-30-16-25-24(15-29(30)37-7)28(36)17-27-31(25)23-13-8-9-14-26(23)35(27)19-33(3,4)18-34(5,6)20-35/h8-17,36H,18-20H2,1-7H3. The highest BCUT2D eigenvalue weighted by molar-refractivity contribution is 7.99. The van der Waals surface area contributed by atoms with Crippen molar-refractivity contribution in [1.29, 1.82) is 0 Å². The zero-order chi connectivity index (χ0) is 27.0. The van der Waals surface area contributed by atoms with Crippen molar-refractivity contribution < 1.29 is 9.84 Å². The Kier molecular flexibility index (Phi) is 5.71. The number of aryl methyl sites for hydroxylation is 2. The molecule has 6 rings (SSSR count). The number of hydrogen-bond acceptors (Lipinski definition) is 3. The Balaban J connectivity index is 1.65. The van der Waals surface area contributed by atoms with E-state index in [9.17, 15) is 5.11 Å². The van der Waals surface area contributed by atoms with Gasteiger partial charge in [0.2, 0.25) is 0 Å². The van der Waals surface area contributed by atoms with Gasteiger partial charge < -0.3 is 9.84 Å². The minimum atomic E-state index is -0.108. The maximum atomic E-state index is 11.5. The Hall–Kier alpha value is -2.91. The molecule has 1 fully saturated rings. The van der Waals surface area contributed by atoms with Crippen molar-refractivity contribution in [3.05, 3.63) is 82.9 Å². The fourth-order valence-electron chi connectivity index (χ4n) is 8.15. The van der Waals surface area contributed by atoms with Crippen LogP contribution in [0.15, 0.2) is 70.5 Å². The average molecular weight is 523 g/mol. The lowest BCUT2D eigenvalue weighted by Crippen LogP contribution is -2.43. The van der Waals surface area contributed by atoms with Gasteiger partial charge in [0.1, 0.15) is 11.5 Å². The molecule has 0 aromatic heterocycles. The van der Waals surface area contributed by atoms with Gasteiger partial charge in [-0.2, -0.15) is 0 Å². The Morgan fingerprint density at radius 3 is 2.08 bits per heavy atom. The highest BCUT2D eigenvalue weighted by Gasteiger charge is 2.53. The van der Waals surface area contributed by atoms with Crippen LogP contribution < -0.4 is 4.74 Å². The van der Waals surface area contributed by atoms with Gasteiger partial charge >= 0.3 is 0 Å². The number of phenols is 1. The van der Waals surface area contributed by atoms with Crippen molar-refractivity contribution in [3.8, 4) is 22.6 Å². The summed E-state index contributed by atoms with van der Waals surface area (Å²) in [6, 6.07) is 21.8. The zero-order valence-corrected chi connectivity index (χ0v) is 24.5. The van der Waals surface area contributed by atoms with E-state index in [-0.39, 0.29) is 16.2 Å². The maximum absolute atomic E-state index is 11.5. The quantitative estimate of drug-likeness (QED) is 0.290. The third-order valence-electron chi connectivity index (χ3n) is 8.77. The molecule has 0 amide bonds. The summed E-state index contributed by atoms with van der Waals surface area (Å²) in [5.74, 6) is 1.13. The molecule has 0 heterocycles. The molecule has 196 valence electrons. The van der Waals surface area contributed by atoms with Crippen LogP contribution in [-0.4, -0.2) is 12.2 Å². The third kappa shape index (κ3) is 3.85. The van der Waals surface area contributed by atoms with E-state index in [4.69, 9.17) is 4.74 Å². The first-order valence-corrected chi connectivity index (χ1v) is 14.5. The minimum absolute atomic E-state index is 0.108. The highest BCUT2D eigenvalue weighted by Crippen LogP contribution is 2.65. The number of methoxy groups -OCH3 is 1. The van der Waals surface area contributed by atoms with Gasteiger partial charge in [-0.05, 0) is 101 Å². The summed E-state index contributed by atoms with van der Waals surface area (Å²) in [7, 11) is 1.72. The molecule has 1 spiro atoms. The van der Waals surface area contributed by atoms with E-state index in [1.54, 1.807) is 18.9 Å². The number of benzene rings is 4. The molecular weight excluding hydrogens is 484 g/mol. The van der Waals surface area contributed by atoms with Crippen molar-refractivity contribution in [2.45, 2.75) is 76.0 Å². The largest absolute Gasteiger partial charge is 0.507 e. The van der Waals surface area contributed by atoms with Crippen LogP contribution in [-0.2, 0) is 5.41 Å². The first-order chi connectivity index (χ1) is 17.9. The Bertz CT molecular complexity index is 1560. The van der Waals surface area contributed by atoms with Crippen LogP contribution in [0.25, 0.3) is 21.9 Å². The normalized spacial score (nSPS) is 18.4. The number of fused-ring (bicyclic) bond motifs is 7. The van der Waals surface area contributed by atoms with Gasteiger partial charge in [0.25, 0.3) is 0 Å². The van der Waals surface area contributed by atoms with Crippen molar-refractivity contribution >= 4 is 22.5 Å². The van der Waals surface area contributed by atoms with E-state index < -0.39 is 0 Å². The summed E-state index contributed by atoms with van der Waals surface area (Å²) in [5, 5.41) is 13.5. The molecule has 0 bridgehead atoms. The molecule has 38 heavy (non-hydrogen) atoms. The molecule has 0 unspecified atom stereocenters. The lowest BCUT2D eigenvalue weighted by molar-refractivity contribution is 0.0645. The summed E-state index contributed by atoms with van der Waals surface area (Å²) >= 11 is 1.76. The Morgan fingerprint density at radius 2 is 1.42 bits per heavy atom. The maximum Gasteiger partial charge on any atom is 0.133 e. The fraction of sp³-hybridized carbons (Fsp3) is 0.371. The van der Waals surface area contributed by atoms with Crippen LogP contribution >= 0.6 is 11.8 Å². The monoisotopic (exact) mass is 522 g/mol. The van der Waals surface area contributed by atoms with E-state index in [0.717, 1.165) is 34.3 Å². The summed E-state index contributed by atoms with van der Waals surface area (Å²) in [6.45, 7) is 14.0. The predicted molar refractivity (Wildman–Crippen MR) is 160 cm³/mol. The van der Waals surface area contributed by atoms with Crippen molar-refractivity contribution in [1.82, 2.24) is 0 Å². The molecule has 2 aliphatic rings. The Labute approximate surface area is 231 Å². The average Bonchev–Trinajstić information content (AvgIpc) is 3.07. The highest BCUT2D eigenvalue weighted by atomic mass is 32.2. The van der Waals surface area contributed by atoms with Gasteiger partial charge in [-0.25, -0.2) is 0 Å². The van der Waals surface area contributed by atoms with Crippen molar-refractivity contribution in [2.75, 3.05) is 7.11 Å². The molecular formula is C35H38O2S. The van der Waals surface area contributed by atoms with Crippen LogP contribution in [0.4, 0.5) is 0 Å². The number of rotatable bonds is 3. The van der Waals surface area contributed by atoms with Gasteiger partial charge in [-0.15, -0.1) is 0 Å². The van der Waals surface area contributed by atoms with E-state index in [2.05, 4.69) is 96.1 Å². The second-order valence-electron chi connectivity index (χ2n) is 13.2. The van der Waals surface area contributed by atoms with Crippen LogP contribution in [0, 0.1) is 24.7 Å². The van der Waals surface area contributed by atoms with E-state index in [0.29, 0.717) is 5.75 Å². The van der Waals surface area contributed by atoms with Crippen molar-refractivity contribution in [3.63, 3.8) is 0 Å². The summed E-state index contributed by atoms with van der Waals surface area (Å²) < 4.78 is 5.88. The van der Waals surface area contributed by atoms with Gasteiger partial charge in [-0.3, -0.25) is 0 Å². The zero-order valence-electron chi connectivity index (χ0n) is 23.7. The van der Waals surface area contributed by atoms with E-state index in [1.807, 2.05) is 6.07 Å². The molecule has 4 aromatic rings. The topological polar surface area (TPSA) is 29.5 Å². The summed E-state index contributed by atoms with van der Waals surface area (Å²) in [6.07, 6.45) is 3.36. The van der Waals surface area contributed by atoms with Crippen LogP contribution in [0.1, 0.15) is 69.2 Å². The smallest absolute Gasteiger partial charge is 0.133 e. The first kappa shape index (κ1) is 25.4. The van der Waals surface area contributed by atoms with E-state index in [1.165, 1.54) is 44.7 Å². The summed E-state index contributed by atoms with van der Waals surface area (Å²) in [4.78, 5) is 2.34. The molecule has 4 aromatic carbocycles. The molecule has 3 heteroatoms. The van der Waals surface area contributed by atoms with Crippen LogP contribution in [0.3, 0.4) is 0 Å². The first-order valence-electron chi connectivity index (χ1n) is 13.7. The van der Waals surface area contributed by atoms with Crippen LogP contribution in [0.2, 0.25) is 0 Å². The van der Waals surface area contributed by atoms with Gasteiger partial charge in [0.15, 0.2) is 0 Å². The van der Waals surface area contributed by atoms with E-state index >= 15 is 0 Å². The van der Waals surface area contributed by atoms with Gasteiger partial charge in [0.05, 0.1) is 12.0 Å². The molecule has 0 aliphatic heterocycles. The lowest BCUT2D eigenvalue weighted by Gasteiger charge is -2.51. The number of ether oxygens (including phenoxy) is 1. The van der Waals surface area contributed by atoms with Gasteiger partial charge in [0, 0.05) is 15.7 Å². The second-order valence-corrected chi connectivity index (χ2v) is 14.2. The second kappa shape index (κ2) is 8.55. The molecule has 0 atom stereocenters. The Morgan fingerprint density at radius 1 is 0.763 bits per heavy atom. The third-order valence-corrected chi connectivity index (χ3v) is 10.2. The molecule has 1 saturated carbocycles. The SMILES string of the molecule is COc1cc2c(O)cc3c(c2cc1Sc1c(C)cccc1C)-c1ccccc1C31CC(C)(C)CC(C)(C)C1. The van der Waals surface area contributed by atoms with Crippen molar-refractivity contribution in [2.24, 2.45) is 10.8 Å². The predicted octanol–water partition coefficient (Wildman–Crippen LogP) is 9.82. The minimum Gasteiger partial charge on any atom is -0.507 e. The molecule has 2 aliphatic carbocycles. The molecule has 0 saturated heterocycles. The van der Waals surface area contributed by atoms with Gasteiger partial charge in [-0.1, -0.05) is 81.9 Å². The summed E-state index contributed by atoms with van der Waals surface area (Å²) in [5.41, 5.74) is 8.11. The lowest BCUT2D eigenvalue weighted by atomic mass is 9.52. The molecule has 1 N–H and O–H groups in total. The number of aromatic hydroxyl groups is 1. The number of phenolic OH excluding ortho intramolecular Hbond substituents is 1. The fourth-order valence-corrected chi connectivity index (χ4v) is 9.25. The molecule has 0 radical (unpaired) electrons. The number of hydrogen-bond donors (Lipinski definition) is 1. The molecule has 2 nitrogen and oxygen atoms in total. The van der Waals surface area contributed by atoms with Crippen LogP contribution in [0.5, 0.6) is 11.5 Å².